The quantitative estimate of drug-likeness (QED) is 0.165. The lowest BCUT2D eigenvalue weighted by atomic mass is 9.99. The van der Waals surface area contributed by atoms with Crippen LogP contribution in [0.5, 0.6) is 0 Å². The lowest BCUT2D eigenvalue weighted by Gasteiger charge is -2.34. The number of carbonyl (C=O) groups excluding carboxylic acids is 3. The van der Waals surface area contributed by atoms with Gasteiger partial charge >= 0.3 is 5.97 Å². The molecule has 38 heavy (non-hydrogen) atoms. The summed E-state index contributed by atoms with van der Waals surface area (Å²) < 4.78 is 6.09. The number of hydrogen-bond donors (Lipinski definition) is 0. The van der Waals surface area contributed by atoms with Gasteiger partial charge in [0.15, 0.2) is 0 Å². The Hall–Kier alpha value is -3.73. The van der Waals surface area contributed by atoms with Crippen LogP contribution in [-0.2, 0) is 27.2 Å². The van der Waals surface area contributed by atoms with Crippen LogP contribution in [0.3, 0.4) is 0 Å². The minimum atomic E-state index is -0.713. The molecule has 5 nitrogen and oxygen atoms in total. The Kier molecular flexibility index (Phi) is 10.3. The third-order valence-corrected chi connectivity index (χ3v) is 7.22. The fourth-order valence-electron chi connectivity index (χ4n) is 5.13. The molecule has 1 amide bonds. The Labute approximate surface area is 225 Å². The van der Waals surface area contributed by atoms with Gasteiger partial charge in [0.05, 0.1) is 0 Å². The van der Waals surface area contributed by atoms with Gasteiger partial charge in [0.1, 0.15) is 12.1 Å². The van der Waals surface area contributed by atoms with E-state index >= 15 is 0 Å². The lowest BCUT2D eigenvalue weighted by Crippen LogP contribution is -2.51. The number of carbonyl (C=O) groups is 3. The maximum atomic E-state index is 13.4. The summed E-state index contributed by atoms with van der Waals surface area (Å²) in [6, 6.07) is 28.5. The van der Waals surface area contributed by atoms with Gasteiger partial charge in [-0.05, 0) is 68.9 Å². The van der Waals surface area contributed by atoms with Gasteiger partial charge in [-0.1, -0.05) is 91.0 Å². The molecule has 0 saturated carbocycles. The van der Waals surface area contributed by atoms with Crippen molar-refractivity contribution in [3.8, 4) is 0 Å². The van der Waals surface area contributed by atoms with Gasteiger partial charge in [0.2, 0.25) is 5.78 Å². The fourth-order valence-corrected chi connectivity index (χ4v) is 5.13. The van der Waals surface area contributed by atoms with Crippen molar-refractivity contribution < 1.29 is 19.1 Å². The summed E-state index contributed by atoms with van der Waals surface area (Å²) in [4.78, 5) is 40.8. The van der Waals surface area contributed by atoms with Crippen LogP contribution in [0.2, 0.25) is 0 Å². The molecule has 1 heterocycles. The van der Waals surface area contributed by atoms with E-state index in [9.17, 15) is 14.4 Å². The number of aryl methyl sites for hydroxylation is 2. The Bertz CT molecular complexity index is 1120. The molecule has 0 aliphatic carbocycles. The van der Waals surface area contributed by atoms with E-state index in [1.165, 1.54) is 16.0 Å². The number of piperidine rings is 1. The summed E-state index contributed by atoms with van der Waals surface area (Å²) in [6.45, 7) is 0.393. The molecule has 1 aliphatic rings. The second-order valence-corrected chi connectivity index (χ2v) is 10.0. The van der Waals surface area contributed by atoms with Crippen LogP contribution in [0.25, 0.3) is 0 Å². The number of nitrogens with zero attached hydrogens (tertiary/aromatic N) is 1. The van der Waals surface area contributed by atoms with E-state index in [1.54, 1.807) is 30.3 Å². The van der Waals surface area contributed by atoms with Crippen LogP contribution < -0.4 is 0 Å². The van der Waals surface area contributed by atoms with Crippen LogP contribution >= 0.6 is 0 Å². The molecule has 0 aromatic heterocycles. The zero-order valence-corrected chi connectivity index (χ0v) is 22.0. The summed E-state index contributed by atoms with van der Waals surface area (Å²) in [5.41, 5.74) is 2.88. The number of Topliss-reactive ketones (excluding diaryl/α,β-unsaturated/α-hetero) is 1. The summed E-state index contributed by atoms with van der Waals surface area (Å²) in [6.07, 6.45) is 7.09. The van der Waals surface area contributed by atoms with Crippen LogP contribution in [0.4, 0.5) is 0 Å². The lowest BCUT2D eigenvalue weighted by molar-refractivity contribution is -0.161. The highest BCUT2D eigenvalue weighted by atomic mass is 16.5. The largest absolute Gasteiger partial charge is 0.461 e. The molecule has 1 aliphatic heterocycles. The molecule has 198 valence electrons. The van der Waals surface area contributed by atoms with Gasteiger partial charge in [-0.25, -0.2) is 4.79 Å². The SMILES string of the molecule is O=C(C(=O)N1CCCCC1C(=O)OC(CCCc1ccccc1)CCCc1ccccc1)c1ccccc1. The highest BCUT2D eigenvalue weighted by Gasteiger charge is 2.37. The van der Waals surface area contributed by atoms with E-state index in [4.69, 9.17) is 4.74 Å². The number of ether oxygens (including phenoxy) is 1. The van der Waals surface area contributed by atoms with Gasteiger partial charge < -0.3 is 9.64 Å². The maximum absolute atomic E-state index is 13.4. The van der Waals surface area contributed by atoms with Gasteiger partial charge in [0.25, 0.3) is 5.91 Å². The first-order valence-electron chi connectivity index (χ1n) is 13.8. The summed E-state index contributed by atoms with van der Waals surface area (Å²) in [7, 11) is 0. The molecule has 4 rings (SSSR count). The number of esters is 1. The molecule has 5 heteroatoms. The van der Waals surface area contributed by atoms with Gasteiger partial charge in [-0.2, -0.15) is 0 Å². The second kappa shape index (κ2) is 14.3. The monoisotopic (exact) mass is 511 g/mol. The molecule has 0 radical (unpaired) electrons. The highest BCUT2D eigenvalue weighted by Crippen LogP contribution is 2.23. The van der Waals surface area contributed by atoms with Crippen molar-refractivity contribution in [2.24, 2.45) is 0 Å². The molecule has 3 aromatic rings. The maximum Gasteiger partial charge on any atom is 0.329 e. The van der Waals surface area contributed by atoms with E-state index in [2.05, 4.69) is 24.3 Å². The molecular formula is C33H37NO4. The van der Waals surface area contributed by atoms with Gasteiger partial charge in [0, 0.05) is 12.1 Å². The van der Waals surface area contributed by atoms with Crippen molar-refractivity contribution in [1.29, 1.82) is 0 Å². The number of likely N-dealkylation sites (tertiary alicyclic amines) is 1. The van der Waals surface area contributed by atoms with Gasteiger partial charge in [-0.3, -0.25) is 9.59 Å². The van der Waals surface area contributed by atoms with Crippen LogP contribution in [0, 0.1) is 0 Å². The number of benzene rings is 3. The van der Waals surface area contributed by atoms with Crippen LogP contribution in [0.1, 0.15) is 66.4 Å². The summed E-state index contributed by atoms with van der Waals surface area (Å²) in [5.74, 6) is -1.58. The van der Waals surface area contributed by atoms with E-state index in [0.717, 1.165) is 51.4 Å². The fraction of sp³-hybridized carbons (Fsp3) is 0.364. The molecule has 3 aromatic carbocycles. The average Bonchev–Trinajstić information content (AvgIpc) is 2.98. The highest BCUT2D eigenvalue weighted by molar-refractivity contribution is 6.43. The van der Waals surface area contributed by atoms with E-state index < -0.39 is 17.7 Å². The molecule has 1 fully saturated rings. The van der Waals surface area contributed by atoms with Crippen LogP contribution in [0.15, 0.2) is 91.0 Å². The first kappa shape index (κ1) is 27.3. The Morgan fingerprint density at radius 1 is 0.737 bits per heavy atom. The standard InChI is InChI=1S/C33H37NO4/c35-31(28-20-8-3-9-21-28)32(36)34-25-11-10-24-30(34)33(37)38-29(22-12-18-26-14-4-1-5-15-26)23-13-19-27-16-6-2-7-17-27/h1-9,14-17,20-21,29-30H,10-13,18-19,22-25H2. The molecule has 0 bridgehead atoms. The minimum Gasteiger partial charge on any atom is -0.461 e. The zero-order valence-electron chi connectivity index (χ0n) is 22.0. The van der Waals surface area contributed by atoms with E-state index in [-0.39, 0.29) is 12.1 Å². The molecule has 1 saturated heterocycles. The topological polar surface area (TPSA) is 63.7 Å². The van der Waals surface area contributed by atoms with Crippen molar-refractivity contribution in [2.45, 2.75) is 69.9 Å². The Balaban J connectivity index is 1.39. The third kappa shape index (κ3) is 7.88. The molecule has 0 N–H and O–H groups in total. The number of rotatable bonds is 12. The first-order valence-corrected chi connectivity index (χ1v) is 13.8. The summed E-state index contributed by atoms with van der Waals surface area (Å²) in [5, 5.41) is 0. The predicted octanol–water partition coefficient (Wildman–Crippen LogP) is 6.21. The van der Waals surface area contributed by atoms with Crippen molar-refractivity contribution >= 4 is 17.7 Å². The predicted molar refractivity (Wildman–Crippen MR) is 149 cm³/mol. The van der Waals surface area contributed by atoms with Crippen molar-refractivity contribution in [2.75, 3.05) is 6.54 Å². The van der Waals surface area contributed by atoms with Crippen molar-refractivity contribution in [1.82, 2.24) is 4.90 Å². The number of amides is 1. The Morgan fingerprint density at radius 3 is 1.82 bits per heavy atom. The second-order valence-electron chi connectivity index (χ2n) is 10.0. The average molecular weight is 512 g/mol. The molecule has 0 spiro atoms. The third-order valence-electron chi connectivity index (χ3n) is 7.22. The normalized spacial score (nSPS) is 15.3. The minimum absolute atomic E-state index is 0.223. The molecular weight excluding hydrogens is 474 g/mol. The number of hydrogen-bond acceptors (Lipinski definition) is 4. The number of ketones is 1. The van der Waals surface area contributed by atoms with Gasteiger partial charge in [-0.15, -0.1) is 0 Å². The van der Waals surface area contributed by atoms with E-state index in [1.807, 2.05) is 36.4 Å². The smallest absolute Gasteiger partial charge is 0.329 e. The summed E-state index contributed by atoms with van der Waals surface area (Å²) >= 11 is 0. The van der Waals surface area contributed by atoms with Crippen molar-refractivity contribution in [3.05, 3.63) is 108 Å². The van der Waals surface area contributed by atoms with Crippen LogP contribution in [-0.4, -0.2) is 41.3 Å². The Morgan fingerprint density at radius 2 is 1.26 bits per heavy atom. The van der Waals surface area contributed by atoms with Crippen molar-refractivity contribution in [3.63, 3.8) is 0 Å². The zero-order chi connectivity index (χ0) is 26.6. The molecule has 1 unspecified atom stereocenters. The van der Waals surface area contributed by atoms with E-state index in [0.29, 0.717) is 18.5 Å². The molecule has 1 atom stereocenters. The first-order chi connectivity index (χ1) is 18.6.